The predicted octanol–water partition coefficient (Wildman–Crippen LogP) is 3.20. The summed E-state index contributed by atoms with van der Waals surface area (Å²) in [6.45, 7) is 1.26. The van der Waals surface area contributed by atoms with Crippen molar-refractivity contribution in [2.45, 2.75) is 6.92 Å². The summed E-state index contributed by atoms with van der Waals surface area (Å²) in [4.78, 5) is 25.3. The van der Waals surface area contributed by atoms with Crippen LogP contribution in [-0.4, -0.2) is 18.4 Å². The molecule has 0 aliphatic rings. The SMILES string of the molecule is CC(=O)N(CC(=O)Nc1ccc(Cl)cc1)c1ccc(C#N)cc1. The van der Waals surface area contributed by atoms with E-state index < -0.39 is 0 Å². The van der Waals surface area contributed by atoms with E-state index in [9.17, 15) is 9.59 Å². The first kappa shape index (κ1) is 16.5. The normalized spacial score (nSPS) is 9.78. The van der Waals surface area contributed by atoms with E-state index in [1.807, 2.05) is 6.07 Å². The van der Waals surface area contributed by atoms with Crippen molar-refractivity contribution in [2.24, 2.45) is 0 Å². The van der Waals surface area contributed by atoms with Gasteiger partial charge in [0, 0.05) is 23.3 Å². The Hall–Kier alpha value is -2.84. The summed E-state index contributed by atoms with van der Waals surface area (Å²) in [5.41, 5.74) is 1.65. The highest BCUT2D eigenvalue weighted by molar-refractivity contribution is 6.30. The molecule has 23 heavy (non-hydrogen) atoms. The van der Waals surface area contributed by atoms with Gasteiger partial charge in [-0.05, 0) is 48.5 Å². The molecule has 0 spiro atoms. The molecule has 0 aliphatic carbocycles. The predicted molar refractivity (Wildman–Crippen MR) is 89.3 cm³/mol. The van der Waals surface area contributed by atoms with E-state index in [4.69, 9.17) is 16.9 Å². The van der Waals surface area contributed by atoms with Gasteiger partial charge in [0.15, 0.2) is 0 Å². The highest BCUT2D eigenvalue weighted by Gasteiger charge is 2.16. The molecular weight excluding hydrogens is 314 g/mol. The number of hydrogen-bond donors (Lipinski definition) is 1. The van der Waals surface area contributed by atoms with Crippen LogP contribution >= 0.6 is 11.6 Å². The average Bonchev–Trinajstić information content (AvgIpc) is 2.55. The molecule has 0 bridgehead atoms. The van der Waals surface area contributed by atoms with Gasteiger partial charge in [-0.3, -0.25) is 9.59 Å². The van der Waals surface area contributed by atoms with Crippen molar-refractivity contribution >= 4 is 34.8 Å². The quantitative estimate of drug-likeness (QED) is 0.937. The fraction of sp³-hybridized carbons (Fsp3) is 0.118. The summed E-state index contributed by atoms with van der Waals surface area (Å²) in [6.07, 6.45) is 0. The van der Waals surface area contributed by atoms with Crippen LogP contribution in [0.4, 0.5) is 11.4 Å². The topological polar surface area (TPSA) is 73.2 Å². The van der Waals surface area contributed by atoms with Crippen LogP contribution in [0, 0.1) is 11.3 Å². The van der Waals surface area contributed by atoms with Gasteiger partial charge in [0.1, 0.15) is 6.54 Å². The molecule has 2 aromatic rings. The van der Waals surface area contributed by atoms with Gasteiger partial charge in [-0.15, -0.1) is 0 Å². The number of benzene rings is 2. The van der Waals surface area contributed by atoms with Crippen LogP contribution < -0.4 is 10.2 Å². The van der Waals surface area contributed by atoms with Crippen molar-refractivity contribution in [3.05, 3.63) is 59.1 Å². The van der Waals surface area contributed by atoms with Gasteiger partial charge in [-0.1, -0.05) is 11.6 Å². The minimum atomic E-state index is -0.327. The van der Waals surface area contributed by atoms with Gasteiger partial charge in [-0.2, -0.15) is 5.26 Å². The molecule has 0 heterocycles. The molecule has 0 saturated carbocycles. The summed E-state index contributed by atoms with van der Waals surface area (Å²) in [6, 6.07) is 15.2. The highest BCUT2D eigenvalue weighted by atomic mass is 35.5. The van der Waals surface area contributed by atoms with E-state index in [1.54, 1.807) is 48.5 Å². The molecule has 0 radical (unpaired) electrons. The standard InChI is InChI=1S/C17H14ClN3O2/c1-12(22)21(16-8-2-13(10-19)3-9-16)11-17(23)20-15-6-4-14(18)5-7-15/h2-9H,11H2,1H3,(H,20,23). The van der Waals surface area contributed by atoms with E-state index in [0.29, 0.717) is 22.0 Å². The third-order valence-electron chi connectivity index (χ3n) is 3.12. The number of carbonyl (C=O) groups is 2. The minimum Gasteiger partial charge on any atom is -0.325 e. The third-order valence-corrected chi connectivity index (χ3v) is 3.37. The Balaban J connectivity index is 2.09. The molecular formula is C17H14ClN3O2. The Bertz CT molecular complexity index is 749. The van der Waals surface area contributed by atoms with Gasteiger partial charge in [0.25, 0.3) is 0 Å². The van der Waals surface area contributed by atoms with Crippen molar-refractivity contribution in [3.63, 3.8) is 0 Å². The van der Waals surface area contributed by atoms with E-state index in [1.165, 1.54) is 11.8 Å². The number of nitriles is 1. The van der Waals surface area contributed by atoms with Crippen LogP contribution in [0.3, 0.4) is 0 Å². The molecule has 0 unspecified atom stereocenters. The maximum absolute atomic E-state index is 12.1. The van der Waals surface area contributed by atoms with Gasteiger partial charge in [0.2, 0.25) is 11.8 Å². The number of amides is 2. The monoisotopic (exact) mass is 327 g/mol. The zero-order chi connectivity index (χ0) is 16.8. The Morgan fingerprint density at radius 3 is 2.26 bits per heavy atom. The van der Waals surface area contributed by atoms with Crippen molar-refractivity contribution in [1.29, 1.82) is 5.26 Å². The van der Waals surface area contributed by atoms with Crippen LogP contribution in [0.15, 0.2) is 48.5 Å². The Morgan fingerprint density at radius 1 is 1.13 bits per heavy atom. The lowest BCUT2D eigenvalue weighted by Gasteiger charge is -2.20. The number of rotatable bonds is 4. The molecule has 2 rings (SSSR count). The van der Waals surface area contributed by atoms with Crippen molar-refractivity contribution < 1.29 is 9.59 Å². The van der Waals surface area contributed by atoms with Crippen molar-refractivity contribution in [2.75, 3.05) is 16.8 Å². The average molecular weight is 328 g/mol. The van der Waals surface area contributed by atoms with E-state index in [2.05, 4.69) is 5.32 Å². The molecule has 1 N–H and O–H groups in total. The molecule has 5 nitrogen and oxygen atoms in total. The number of nitrogens with zero attached hydrogens (tertiary/aromatic N) is 2. The first-order chi connectivity index (χ1) is 11.0. The van der Waals surface area contributed by atoms with Gasteiger partial charge < -0.3 is 10.2 Å². The fourth-order valence-electron chi connectivity index (χ4n) is 1.98. The number of anilines is 2. The molecule has 0 aromatic heterocycles. The first-order valence-corrected chi connectivity index (χ1v) is 7.21. The lowest BCUT2D eigenvalue weighted by molar-refractivity contribution is -0.120. The number of nitrogens with one attached hydrogen (secondary N) is 1. The zero-order valence-electron chi connectivity index (χ0n) is 12.4. The molecule has 2 aromatic carbocycles. The maximum Gasteiger partial charge on any atom is 0.244 e. The Labute approximate surface area is 139 Å². The van der Waals surface area contributed by atoms with E-state index >= 15 is 0 Å². The van der Waals surface area contributed by atoms with Crippen LogP contribution in [0.1, 0.15) is 12.5 Å². The molecule has 6 heteroatoms. The molecule has 0 fully saturated rings. The Kier molecular flexibility index (Phi) is 5.34. The molecule has 0 saturated heterocycles. The summed E-state index contributed by atoms with van der Waals surface area (Å²) < 4.78 is 0. The largest absolute Gasteiger partial charge is 0.325 e. The Morgan fingerprint density at radius 2 is 1.74 bits per heavy atom. The second kappa shape index (κ2) is 7.43. The number of halogens is 1. The second-order valence-electron chi connectivity index (χ2n) is 4.82. The third kappa shape index (κ3) is 4.56. The van der Waals surface area contributed by atoms with Crippen LogP contribution in [0.5, 0.6) is 0 Å². The van der Waals surface area contributed by atoms with Gasteiger partial charge in [-0.25, -0.2) is 0 Å². The lowest BCUT2D eigenvalue weighted by Crippen LogP contribution is -2.36. The second-order valence-corrected chi connectivity index (χ2v) is 5.26. The molecule has 116 valence electrons. The van der Waals surface area contributed by atoms with Crippen LogP contribution in [-0.2, 0) is 9.59 Å². The summed E-state index contributed by atoms with van der Waals surface area (Å²) in [5.74, 6) is -0.590. The first-order valence-electron chi connectivity index (χ1n) is 6.83. The van der Waals surface area contributed by atoms with Gasteiger partial charge >= 0.3 is 0 Å². The lowest BCUT2D eigenvalue weighted by atomic mass is 10.2. The number of carbonyl (C=O) groups excluding carboxylic acids is 2. The summed E-state index contributed by atoms with van der Waals surface area (Å²) in [7, 11) is 0. The van der Waals surface area contributed by atoms with Gasteiger partial charge in [0.05, 0.1) is 11.6 Å². The van der Waals surface area contributed by atoms with E-state index in [-0.39, 0.29) is 18.4 Å². The van der Waals surface area contributed by atoms with Crippen LogP contribution in [0.25, 0.3) is 0 Å². The summed E-state index contributed by atoms with van der Waals surface area (Å²) in [5, 5.41) is 12.1. The van der Waals surface area contributed by atoms with E-state index in [0.717, 1.165) is 0 Å². The summed E-state index contributed by atoms with van der Waals surface area (Å²) >= 11 is 5.79. The minimum absolute atomic E-state index is 0.121. The smallest absolute Gasteiger partial charge is 0.244 e. The zero-order valence-corrected chi connectivity index (χ0v) is 13.2. The highest BCUT2D eigenvalue weighted by Crippen LogP contribution is 2.17. The maximum atomic E-state index is 12.1. The fourth-order valence-corrected chi connectivity index (χ4v) is 2.10. The number of hydrogen-bond acceptors (Lipinski definition) is 3. The van der Waals surface area contributed by atoms with Crippen LogP contribution in [0.2, 0.25) is 5.02 Å². The molecule has 0 atom stereocenters. The molecule has 0 aliphatic heterocycles. The van der Waals surface area contributed by atoms with Crippen molar-refractivity contribution in [3.8, 4) is 6.07 Å². The van der Waals surface area contributed by atoms with Crippen molar-refractivity contribution in [1.82, 2.24) is 0 Å². The molecule has 2 amide bonds.